The Balaban J connectivity index is 2.19. The second kappa shape index (κ2) is 4.79. The topological polar surface area (TPSA) is 58.3 Å². The minimum Gasteiger partial charge on any atom is -0.375 e. The minimum absolute atomic E-state index is 0.695. The molecule has 0 radical (unpaired) electrons. The number of nitrogens with one attached hydrogen (secondary N) is 1. The third-order valence-corrected chi connectivity index (χ3v) is 2.29. The molecule has 0 spiro atoms. The van der Waals surface area contributed by atoms with Crippen LogP contribution >= 0.6 is 0 Å². The van der Waals surface area contributed by atoms with Crippen molar-refractivity contribution in [3.8, 4) is 0 Å². The van der Waals surface area contributed by atoms with Crippen molar-refractivity contribution >= 4 is 11.4 Å². The van der Waals surface area contributed by atoms with E-state index in [1.807, 2.05) is 48.5 Å². The third-order valence-electron chi connectivity index (χ3n) is 2.29. The average molecular weight is 214 g/mol. The van der Waals surface area contributed by atoms with E-state index in [-0.39, 0.29) is 0 Å². The molecule has 0 saturated heterocycles. The first-order valence-corrected chi connectivity index (χ1v) is 5.11. The highest BCUT2D eigenvalue weighted by atomic mass is 16.3. The monoisotopic (exact) mass is 214 g/mol. The van der Waals surface area contributed by atoms with Crippen LogP contribution in [0.4, 0.5) is 11.4 Å². The van der Waals surface area contributed by atoms with E-state index < -0.39 is 6.23 Å². The van der Waals surface area contributed by atoms with Gasteiger partial charge in [-0.25, -0.2) is 0 Å². The van der Waals surface area contributed by atoms with Crippen molar-refractivity contribution in [3.05, 3.63) is 60.2 Å². The Morgan fingerprint density at radius 1 is 0.938 bits per heavy atom. The van der Waals surface area contributed by atoms with Crippen molar-refractivity contribution in [2.24, 2.45) is 5.73 Å². The molecular weight excluding hydrogens is 200 g/mol. The fourth-order valence-electron chi connectivity index (χ4n) is 1.49. The quantitative estimate of drug-likeness (QED) is 0.687. The van der Waals surface area contributed by atoms with Crippen LogP contribution in [0.1, 0.15) is 11.8 Å². The van der Waals surface area contributed by atoms with E-state index in [1.165, 1.54) is 0 Å². The first kappa shape index (κ1) is 10.7. The molecule has 0 bridgehead atoms. The Labute approximate surface area is 94.5 Å². The highest BCUT2D eigenvalue weighted by Crippen LogP contribution is 2.19. The summed E-state index contributed by atoms with van der Waals surface area (Å²) in [6, 6.07) is 17.3. The van der Waals surface area contributed by atoms with Gasteiger partial charge in [0.1, 0.15) is 6.23 Å². The van der Waals surface area contributed by atoms with E-state index >= 15 is 0 Å². The maximum atomic E-state index is 9.26. The van der Waals surface area contributed by atoms with Gasteiger partial charge >= 0.3 is 0 Å². The van der Waals surface area contributed by atoms with Crippen molar-refractivity contribution in [2.45, 2.75) is 6.23 Å². The fourth-order valence-corrected chi connectivity index (χ4v) is 1.49. The molecule has 0 aliphatic heterocycles. The van der Waals surface area contributed by atoms with E-state index in [2.05, 4.69) is 5.32 Å². The van der Waals surface area contributed by atoms with Gasteiger partial charge in [-0.3, -0.25) is 0 Å². The standard InChI is InChI=1S/C13H14N2O/c14-13(16)10-5-4-8-12(9-10)15-11-6-2-1-3-7-11/h1-9,13,15-16H,14H2. The number of anilines is 2. The number of nitrogens with two attached hydrogens (primary N) is 1. The second-order valence-electron chi connectivity index (χ2n) is 3.56. The molecule has 2 aromatic carbocycles. The molecule has 0 heterocycles. The molecule has 3 heteroatoms. The van der Waals surface area contributed by atoms with Crippen molar-refractivity contribution in [1.82, 2.24) is 0 Å². The molecule has 16 heavy (non-hydrogen) atoms. The zero-order chi connectivity index (χ0) is 11.4. The number of rotatable bonds is 3. The summed E-state index contributed by atoms with van der Waals surface area (Å²) in [6.45, 7) is 0. The van der Waals surface area contributed by atoms with Gasteiger partial charge in [-0.05, 0) is 29.8 Å². The Morgan fingerprint density at radius 2 is 1.62 bits per heavy atom. The minimum atomic E-state index is -0.933. The predicted molar refractivity (Wildman–Crippen MR) is 65.3 cm³/mol. The van der Waals surface area contributed by atoms with Crippen molar-refractivity contribution in [3.63, 3.8) is 0 Å². The van der Waals surface area contributed by atoms with Crippen molar-refractivity contribution in [1.29, 1.82) is 0 Å². The van der Waals surface area contributed by atoms with E-state index in [4.69, 9.17) is 5.73 Å². The Hall–Kier alpha value is -1.84. The molecule has 0 amide bonds. The smallest absolute Gasteiger partial charge is 0.128 e. The maximum Gasteiger partial charge on any atom is 0.128 e. The van der Waals surface area contributed by atoms with Crippen LogP contribution in [-0.2, 0) is 0 Å². The number of aliphatic hydroxyl groups excluding tert-OH is 1. The van der Waals surface area contributed by atoms with E-state index in [0.717, 1.165) is 11.4 Å². The van der Waals surface area contributed by atoms with Crippen LogP contribution < -0.4 is 11.1 Å². The summed E-state index contributed by atoms with van der Waals surface area (Å²) < 4.78 is 0. The summed E-state index contributed by atoms with van der Waals surface area (Å²) in [5.41, 5.74) is 8.02. The second-order valence-corrected chi connectivity index (χ2v) is 3.56. The molecule has 0 aliphatic rings. The summed E-state index contributed by atoms with van der Waals surface area (Å²) in [4.78, 5) is 0. The van der Waals surface area contributed by atoms with Gasteiger partial charge in [-0.1, -0.05) is 30.3 Å². The lowest BCUT2D eigenvalue weighted by atomic mass is 10.1. The molecular formula is C13H14N2O. The number of benzene rings is 2. The SMILES string of the molecule is NC(O)c1cccc(Nc2ccccc2)c1. The molecule has 0 aromatic heterocycles. The summed E-state index contributed by atoms with van der Waals surface area (Å²) in [5, 5.41) is 12.5. The molecule has 1 atom stereocenters. The summed E-state index contributed by atoms with van der Waals surface area (Å²) in [6.07, 6.45) is -0.933. The number of para-hydroxylation sites is 1. The van der Waals surface area contributed by atoms with Gasteiger partial charge in [-0.15, -0.1) is 0 Å². The van der Waals surface area contributed by atoms with Crippen LogP contribution in [0.3, 0.4) is 0 Å². The lowest BCUT2D eigenvalue weighted by molar-refractivity contribution is 0.186. The summed E-state index contributed by atoms with van der Waals surface area (Å²) in [5.74, 6) is 0. The van der Waals surface area contributed by atoms with Gasteiger partial charge in [0.15, 0.2) is 0 Å². The molecule has 0 saturated carbocycles. The van der Waals surface area contributed by atoms with Gasteiger partial charge in [-0.2, -0.15) is 0 Å². The van der Waals surface area contributed by atoms with Crippen molar-refractivity contribution in [2.75, 3.05) is 5.32 Å². The Morgan fingerprint density at radius 3 is 2.31 bits per heavy atom. The molecule has 4 N–H and O–H groups in total. The average Bonchev–Trinajstić information content (AvgIpc) is 2.30. The number of hydrogen-bond acceptors (Lipinski definition) is 3. The highest BCUT2D eigenvalue weighted by molar-refractivity contribution is 5.60. The molecule has 82 valence electrons. The van der Waals surface area contributed by atoms with Crippen LogP contribution in [-0.4, -0.2) is 5.11 Å². The maximum absolute atomic E-state index is 9.26. The lowest BCUT2D eigenvalue weighted by Crippen LogP contribution is -2.08. The highest BCUT2D eigenvalue weighted by Gasteiger charge is 2.01. The van der Waals surface area contributed by atoms with Gasteiger partial charge in [0.05, 0.1) is 0 Å². The number of aliphatic hydroxyl groups is 1. The molecule has 0 aliphatic carbocycles. The molecule has 1 unspecified atom stereocenters. The number of hydrogen-bond donors (Lipinski definition) is 3. The largest absolute Gasteiger partial charge is 0.375 e. The van der Waals surface area contributed by atoms with Gasteiger partial charge in [0, 0.05) is 11.4 Å². The predicted octanol–water partition coefficient (Wildman–Crippen LogP) is 2.38. The molecule has 3 nitrogen and oxygen atoms in total. The van der Waals surface area contributed by atoms with Gasteiger partial charge < -0.3 is 16.2 Å². The zero-order valence-corrected chi connectivity index (χ0v) is 8.80. The van der Waals surface area contributed by atoms with Crippen LogP contribution in [0.25, 0.3) is 0 Å². The van der Waals surface area contributed by atoms with Crippen LogP contribution in [0.5, 0.6) is 0 Å². The van der Waals surface area contributed by atoms with E-state index in [1.54, 1.807) is 6.07 Å². The normalized spacial score (nSPS) is 12.1. The van der Waals surface area contributed by atoms with Crippen LogP contribution in [0, 0.1) is 0 Å². The zero-order valence-electron chi connectivity index (χ0n) is 8.80. The molecule has 2 aromatic rings. The summed E-state index contributed by atoms with van der Waals surface area (Å²) >= 11 is 0. The molecule has 2 rings (SSSR count). The van der Waals surface area contributed by atoms with Crippen molar-refractivity contribution < 1.29 is 5.11 Å². The third kappa shape index (κ3) is 2.59. The fraction of sp³-hybridized carbons (Fsp3) is 0.0769. The van der Waals surface area contributed by atoms with Gasteiger partial charge in [0.25, 0.3) is 0 Å². The van der Waals surface area contributed by atoms with E-state index in [0.29, 0.717) is 5.56 Å². The Kier molecular flexibility index (Phi) is 3.19. The summed E-state index contributed by atoms with van der Waals surface area (Å²) in [7, 11) is 0. The van der Waals surface area contributed by atoms with Crippen LogP contribution in [0.2, 0.25) is 0 Å². The Bertz CT molecular complexity index is 454. The molecule has 0 fully saturated rings. The van der Waals surface area contributed by atoms with E-state index in [9.17, 15) is 5.11 Å². The van der Waals surface area contributed by atoms with Crippen LogP contribution in [0.15, 0.2) is 54.6 Å². The first-order valence-electron chi connectivity index (χ1n) is 5.11. The van der Waals surface area contributed by atoms with Gasteiger partial charge in [0.2, 0.25) is 0 Å². The lowest BCUT2D eigenvalue weighted by Gasteiger charge is -2.09. The first-order chi connectivity index (χ1) is 7.75.